The predicted octanol–water partition coefficient (Wildman–Crippen LogP) is 2.51. The molecular formula is C19H26N2O5. The van der Waals surface area contributed by atoms with Gasteiger partial charge in [-0.2, -0.15) is 0 Å². The molecule has 0 radical (unpaired) electrons. The number of ether oxygens (including phenoxy) is 2. The fourth-order valence-corrected chi connectivity index (χ4v) is 3.10. The van der Waals surface area contributed by atoms with Crippen molar-refractivity contribution in [2.45, 2.75) is 44.6 Å². The molecule has 0 bridgehead atoms. The van der Waals surface area contributed by atoms with Gasteiger partial charge in [-0.25, -0.2) is 9.59 Å². The second kappa shape index (κ2) is 9.91. The number of amides is 1. The van der Waals surface area contributed by atoms with Gasteiger partial charge in [0.1, 0.15) is 0 Å². The van der Waals surface area contributed by atoms with E-state index in [1.54, 1.807) is 0 Å². The van der Waals surface area contributed by atoms with Crippen molar-refractivity contribution in [3.63, 3.8) is 0 Å². The topological polar surface area (TPSA) is 93.7 Å². The maximum atomic E-state index is 12.2. The minimum absolute atomic E-state index is 0.169. The van der Waals surface area contributed by atoms with E-state index >= 15 is 0 Å². The largest absolute Gasteiger partial charge is 0.465 e. The number of carbonyl (C=O) groups is 3. The number of hydrogen-bond acceptors (Lipinski definition) is 6. The van der Waals surface area contributed by atoms with Crippen LogP contribution in [0.2, 0.25) is 0 Å². The second-order valence-corrected chi connectivity index (χ2v) is 6.40. The van der Waals surface area contributed by atoms with E-state index in [9.17, 15) is 14.4 Å². The molecule has 0 unspecified atom stereocenters. The Morgan fingerprint density at radius 1 is 0.923 bits per heavy atom. The van der Waals surface area contributed by atoms with Gasteiger partial charge in [-0.1, -0.05) is 25.7 Å². The highest BCUT2D eigenvalue weighted by Gasteiger charge is 2.16. The standard InChI is InChI=1S/C19H26N2O5/c1-25-18(23)13-9-14(19(24)26-2)11-16(10-13)21-17(22)12-20-15-7-5-3-4-6-8-15/h9-11,15,20H,3-8,12H2,1-2H3,(H,21,22). The summed E-state index contributed by atoms with van der Waals surface area (Å²) in [4.78, 5) is 35.8. The molecule has 0 aliphatic heterocycles. The summed E-state index contributed by atoms with van der Waals surface area (Å²) in [5.74, 6) is -1.42. The number of benzene rings is 1. The highest BCUT2D eigenvalue weighted by atomic mass is 16.5. The van der Waals surface area contributed by atoms with Crippen molar-refractivity contribution < 1.29 is 23.9 Å². The van der Waals surface area contributed by atoms with Crippen molar-refractivity contribution in [1.82, 2.24) is 5.32 Å². The van der Waals surface area contributed by atoms with Crippen molar-refractivity contribution >= 4 is 23.5 Å². The van der Waals surface area contributed by atoms with Crippen molar-refractivity contribution in [3.8, 4) is 0 Å². The third-order valence-corrected chi connectivity index (χ3v) is 4.47. The van der Waals surface area contributed by atoms with Gasteiger partial charge >= 0.3 is 11.9 Å². The zero-order chi connectivity index (χ0) is 18.9. The minimum Gasteiger partial charge on any atom is -0.465 e. The molecule has 7 heteroatoms. The first-order valence-corrected chi connectivity index (χ1v) is 8.88. The summed E-state index contributed by atoms with van der Waals surface area (Å²) in [5, 5.41) is 6.00. The molecule has 0 heterocycles. The van der Waals surface area contributed by atoms with Crippen molar-refractivity contribution in [2.75, 3.05) is 26.1 Å². The van der Waals surface area contributed by atoms with Gasteiger partial charge in [0.05, 0.1) is 31.9 Å². The average molecular weight is 362 g/mol. The van der Waals surface area contributed by atoms with Gasteiger partial charge in [-0.05, 0) is 31.0 Å². The Bertz CT molecular complexity index is 617. The van der Waals surface area contributed by atoms with Crippen molar-refractivity contribution in [1.29, 1.82) is 0 Å². The van der Waals surface area contributed by atoms with Crippen LogP contribution < -0.4 is 10.6 Å². The van der Waals surface area contributed by atoms with Crippen LogP contribution in [0.15, 0.2) is 18.2 Å². The Labute approximate surface area is 153 Å². The van der Waals surface area contributed by atoms with Gasteiger partial charge in [0.15, 0.2) is 0 Å². The number of anilines is 1. The Morgan fingerprint density at radius 2 is 1.46 bits per heavy atom. The first-order chi connectivity index (χ1) is 12.5. The normalized spacial score (nSPS) is 15.0. The summed E-state index contributed by atoms with van der Waals surface area (Å²) in [7, 11) is 2.50. The third kappa shape index (κ3) is 5.84. The predicted molar refractivity (Wildman–Crippen MR) is 97.2 cm³/mol. The van der Waals surface area contributed by atoms with Gasteiger partial charge in [0.2, 0.25) is 5.91 Å². The molecule has 26 heavy (non-hydrogen) atoms. The van der Waals surface area contributed by atoms with E-state index in [-0.39, 0.29) is 23.6 Å². The van der Waals surface area contributed by atoms with Crippen LogP contribution in [0.5, 0.6) is 0 Å². The van der Waals surface area contributed by atoms with E-state index < -0.39 is 11.9 Å². The molecule has 0 aromatic heterocycles. The molecule has 1 aliphatic carbocycles. The van der Waals surface area contributed by atoms with Crippen LogP contribution in [0.3, 0.4) is 0 Å². The Morgan fingerprint density at radius 3 is 1.96 bits per heavy atom. The molecule has 1 aromatic rings. The summed E-state index contributed by atoms with van der Waals surface area (Å²) in [6, 6.07) is 4.68. The minimum atomic E-state index is -0.595. The molecule has 142 valence electrons. The Hall–Kier alpha value is -2.41. The summed E-state index contributed by atoms with van der Waals surface area (Å²) in [5.41, 5.74) is 0.686. The molecule has 1 saturated carbocycles. The number of nitrogens with one attached hydrogen (secondary N) is 2. The molecule has 1 aromatic carbocycles. The molecule has 1 aliphatic rings. The average Bonchev–Trinajstić information content (AvgIpc) is 2.93. The first kappa shape index (κ1) is 19.9. The quantitative estimate of drug-likeness (QED) is 0.597. The molecule has 0 saturated heterocycles. The van der Waals surface area contributed by atoms with E-state index in [0.29, 0.717) is 11.7 Å². The Kier molecular flexibility index (Phi) is 7.59. The highest BCUT2D eigenvalue weighted by Crippen LogP contribution is 2.18. The monoisotopic (exact) mass is 362 g/mol. The van der Waals surface area contributed by atoms with Crippen LogP contribution in [-0.2, 0) is 14.3 Å². The Balaban J connectivity index is 2.02. The number of esters is 2. The van der Waals surface area contributed by atoms with E-state index in [4.69, 9.17) is 0 Å². The van der Waals surface area contributed by atoms with Crippen molar-refractivity contribution in [2.24, 2.45) is 0 Å². The lowest BCUT2D eigenvalue weighted by Gasteiger charge is -2.16. The molecule has 2 rings (SSSR count). The fourth-order valence-electron chi connectivity index (χ4n) is 3.10. The van der Waals surface area contributed by atoms with Crippen LogP contribution in [-0.4, -0.2) is 44.7 Å². The molecule has 7 nitrogen and oxygen atoms in total. The van der Waals surface area contributed by atoms with Crippen molar-refractivity contribution in [3.05, 3.63) is 29.3 Å². The van der Waals surface area contributed by atoms with E-state index in [1.807, 2.05) is 0 Å². The molecule has 2 N–H and O–H groups in total. The number of hydrogen-bond donors (Lipinski definition) is 2. The number of rotatable bonds is 6. The fraction of sp³-hybridized carbons (Fsp3) is 0.526. The SMILES string of the molecule is COC(=O)c1cc(NC(=O)CNC2CCCCCC2)cc(C(=O)OC)c1. The third-order valence-electron chi connectivity index (χ3n) is 4.47. The zero-order valence-electron chi connectivity index (χ0n) is 15.3. The lowest BCUT2D eigenvalue weighted by molar-refractivity contribution is -0.115. The molecular weight excluding hydrogens is 336 g/mol. The van der Waals surface area contributed by atoms with Crippen LogP contribution in [0.1, 0.15) is 59.2 Å². The van der Waals surface area contributed by atoms with E-state index in [2.05, 4.69) is 20.1 Å². The summed E-state index contributed by atoms with van der Waals surface area (Å²) >= 11 is 0. The van der Waals surface area contributed by atoms with E-state index in [1.165, 1.54) is 58.1 Å². The molecule has 1 fully saturated rings. The van der Waals surface area contributed by atoms with E-state index in [0.717, 1.165) is 12.8 Å². The van der Waals surface area contributed by atoms with Gasteiger partial charge in [0, 0.05) is 11.7 Å². The lowest BCUT2D eigenvalue weighted by Crippen LogP contribution is -2.35. The summed E-state index contributed by atoms with van der Waals surface area (Å²) in [6.07, 6.45) is 7.03. The van der Waals surface area contributed by atoms with Gasteiger partial charge < -0.3 is 20.1 Å². The van der Waals surface area contributed by atoms with Crippen LogP contribution in [0.25, 0.3) is 0 Å². The molecule has 0 spiro atoms. The molecule has 0 atom stereocenters. The summed E-state index contributed by atoms with van der Waals surface area (Å²) in [6.45, 7) is 0.181. The molecule has 1 amide bonds. The number of carbonyl (C=O) groups excluding carboxylic acids is 3. The smallest absolute Gasteiger partial charge is 0.337 e. The second-order valence-electron chi connectivity index (χ2n) is 6.40. The van der Waals surface area contributed by atoms with Crippen LogP contribution in [0.4, 0.5) is 5.69 Å². The zero-order valence-corrected chi connectivity index (χ0v) is 15.3. The first-order valence-electron chi connectivity index (χ1n) is 8.88. The highest BCUT2D eigenvalue weighted by molar-refractivity contribution is 5.99. The summed E-state index contributed by atoms with van der Waals surface area (Å²) < 4.78 is 9.37. The van der Waals surface area contributed by atoms with Gasteiger partial charge in [-0.3, -0.25) is 4.79 Å². The maximum absolute atomic E-state index is 12.2. The number of methoxy groups -OCH3 is 2. The van der Waals surface area contributed by atoms with Gasteiger partial charge in [0.25, 0.3) is 0 Å². The van der Waals surface area contributed by atoms with Crippen LogP contribution >= 0.6 is 0 Å². The van der Waals surface area contributed by atoms with Gasteiger partial charge in [-0.15, -0.1) is 0 Å². The van der Waals surface area contributed by atoms with Crippen LogP contribution in [0, 0.1) is 0 Å². The lowest BCUT2D eigenvalue weighted by atomic mass is 10.1. The maximum Gasteiger partial charge on any atom is 0.337 e.